The van der Waals surface area contributed by atoms with Gasteiger partial charge in [-0.3, -0.25) is 0 Å². The van der Waals surface area contributed by atoms with Crippen LogP contribution in [-0.2, 0) is 0 Å². The van der Waals surface area contributed by atoms with E-state index in [1.54, 1.807) is 0 Å². The molecule has 0 spiro atoms. The Morgan fingerprint density at radius 2 is 0.880 bits per heavy atom. The molecule has 0 radical (unpaired) electrons. The first-order chi connectivity index (χ1) is 11.6. The van der Waals surface area contributed by atoms with Crippen molar-refractivity contribution in [3.8, 4) is 0 Å². The third-order valence-corrected chi connectivity index (χ3v) is 11.9. The van der Waals surface area contributed by atoms with E-state index in [0.717, 1.165) is 0 Å². The molecule has 0 amide bonds. The molecule has 0 N–H and O–H groups in total. The fraction of sp³-hybridized carbons (Fsp3) is 0.217. The molecule has 0 aliphatic rings. The molecule has 0 aliphatic carbocycles. The number of rotatable bonds is 5. The summed E-state index contributed by atoms with van der Waals surface area (Å²) in [7, 11) is 0. The first kappa shape index (κ1) is 19.9. The molecule has 0 fully saturated rings. The number of hydrogen-bond acceptors (Lipinski definition) is 0. The molecule has 0 bridgehead atoms. The normalized spacial score (nSPS) is 12.9. The maximum absolute atomic E-state index is 2.55. The standard InChI is InChI=1S/C23H27P.BrH/c1-20(2)19-24(3,21-13-7-4-8-14-21,22-15-9-5-10-16-22)23-17-11-6-12-18-23;/h4-18,20H,19H2,1-3H3;1H. The zero-order chi connectivity index (χ0) is 17.1. The average Bonchev–Trinajstić information content (AvgIpc) is 2.63. The second-order valence-corrected chi connectivity index (χ2v) is 12.9. The van der Waals surface area contributed by atoms with Gasteiger partial charge in [0.1, 0.15) is 0 Å². The summed E-state index contributed by atoms with van der Waals surface area (Å²) in [5, 5.41) is 4.44. The Bertz CT molecular complexity index is 683. The Morgan fingerprint density at radius 1 is 0.600 bits per heavy atom. The summed E-state index contributed by atoms with van der Waals surface area (Å²) in [6.45, 7) is 4.75. The van der Waals surface area contributed by atoms with Gasteiger partial charge in [-0.25, -0.2) is 0 Å². The molecule has 3 aromatic carbocycles. The summed E-state index contributed by atoms with van der Waals surface area (Å²) in [6.07, 6.45) is 1.18. The zero-order valence-electron chi connectivity index (χ0n) is 15.3. The molecule has 0 saturated heterocycles. The van der Waals surface area contributed by atoms with Crippen LogP contribution in [0.4, 0.5) is 0 Å². The van der Waals surface area contributed by atoms with Crippen molar-refractivity contribution in [1.82, 2.24) is 0 Å². The van der Waals surface area contributed by atoms with Crippen LogP contribution in [0.15, 0.2) is 91.0 Å². The summed E-state index contributed by atoms with van der Waals surface area (Å²) >= 11 is 0. The Labute approximate surface area is 163 Å². The molecule has 25 heavy (non-hydrogen) atoms. The second-order valence-electron chi connectivity index (χ2n) is 7.38. The Hall–Kier alpha value is -1.43. The number of hydrogen-bond donors (Lipinski definition) is 0. The van der Waals surface area contributed by atoms with Crippen molar-refractivity contribution < 1.29 is 0 Å². The van der Waals surface area contributed by atoms with Gasteiger partial charge < -0.3 is 0 Å². The van der Waals surface area contributed by atoms with Gasteiger partial charge >= 0.3 is 146 Å². The third kappa shape index (κ3) is 3.46. The van der Waals surface area contributed by atoms with E-state index in [1.807, 2.05) is 0 Å². The van der Waals surface area contributed by atoms with Gasteiger partial charge in [-0.2, -0.15) is 0 Å². The SMILES string of the molecule is Br.CC(C)CP(C)(c1ccccc1)(c1ccccc1)c1ccccc1. The van der Waals surface area contributed by atoms with Crippen LogP contribution in [0.5, 0.6) is 0 Å². The Kier molecular flexibility index (Phi) is 6.25. The van der Waals surface area contributed by atoms with Gasteiger partial charge in [-0.1, -0.05) is 0 Å². The number of benzene rings is 3. The maximum atomic E-state index is 2.55. The molecule has 0 nitrogen and oxygen atoms in total. The van der Waals surface area contributed by atoms with Crippen LogP contribution >= 0.6 is 23.6 Å². The van der Waals surface area contributed by atoms with Gasteiger partial charge in [0.2, 0.25) is 0 Å². The van der Waals surface area contributed by atoms with Crippen LogP contribution in [0, 0.1) is 5.92 Å². The van der Waals surface area contributed by atoms with Crippen molar-refractivity contribution in [1.29, 1.82) is 0 Å². The van der Waals surface area contributed by atoms with Gasteiger partial charge in [0.25, 0.3) is 0 Å². The predicted molar refractivity (Wildman–Crippen MR) is 121 cm³/mol. The van der Waals surface area contributed by atoms with E-state index < -0.39 is 6.60 Å². The molecule has 132 valence electrons. The summed E-state index contributed by atoms with van der Waals surface area (Å²) in [5.41, 5.74) is 0. The summed E-state index contributed by atoms with van der Waals surface area (Å²) in [6, 6.07) is 33.5. The van der Waals surface area contributed by atoms with Crippen molar-refractivity contribution in [2.75, 3.05) is 12.8 Å². The van der Waals surface area contributed by atoms with Gasteiger partial charge in [0.15, 0.2) is 0 Å². The first-order valence-corrected chi connectivity index (χ1v) is 11.6. The summed E-state index contributed by atoms with van der Waals surface area (Å²) < 4.78 is 0. The Balaban J connectivity index is 0.00000225. The molecule has 0 heterocycles. The van der Waals surface area contributed by atoms with Crippen molar-refractivity contribution in [2.45, 2.75) is 13.8 Å². The molecule has 0 aliphatic heterocycles. The molecule has 0 aromatic heterocycles. The van der Waals surface area contributed by atoms with E-state index in [1.165, 1.54) is 22.1 Å². The summed E-state index contributed by atoms with van der Waals surface area (Å²) in [4.78, 5) is 0. The van der Waals surface area contributed by atoms with Gasteiger partial charge in [-0.15, -0.1) is 17.0 Å². The molecule has 3 rings (SSSR count). The zero-order valence-corrected chi connectivity index (χ0v) is 17.9. The van der Waals surface area contributed by atoms with E-state index in [-0.39, 0.29) is 17.0 Å². The average molecular weight is 415 g/mol. The topological polar surface area (TPSA) is 0 Å². The predicted octanol–water partition coefficient (Wildman–Crippen LogP) is 5.38. The quantitative estimate of drug-likeness (QED) is 0.491. The molecule has 0 saturated carbocycles. The molecule has 0 unspecified atom stereocenters. The molecular formula is C23H28BrP. The van der Waals surface area contributed by atoms with E-state index in [4.69, 9.17) is 0 Å². The minimum absolute atomic E-state index is 0. The molecule has 3 aromatic rings. The van der Waals surface area contributed by atoms with Crippen LogP contribution < -0.4 is 15.9 Å². The first-order valence-electron chi connectivity index (χ1n) is 8.73. The number of halogens is 1. The van der Waals surface area contributed by atoms with Crippen LogP contribution in [-0.4, -0.2) is 12.8 Å². The van der Waals surface area contributed by atoms with Crippen molar-refractivity contribution in [3.63, 3.8) is 0 Å². The van der Waals surface area contributed by atoms with Crippen molar-refractivity contribution in [2.24, 2.45) is 5.92 Å². The van der Waals surface area contributed by atoms with E-state index in [2.05, 4.69) is 112 Å². The molecular weight excluding hydrogens is 387 g/mol. The molecule has 2 heteroatoms. The second kappa shape index (κ2) is 7.85. The monoisotopic (exact) mass is 414 g/mol. The minimum atomic E-state index is -2.50. The van der Waals surface area contributed by atoms with Crippen LogP contribution in [0.25, 0.3) is 0 Å². The van der Waals surface area contributed by atoms with Gasteiger partial charge in [-0.05, 0) is 0 Å². The van der Waals surface area contributed by atoms with Crippen molar-refractivity contribution in [3.05, 3.63) is 91.0 Å². The van der Waals surface area contributed by atoms with E-state index in [9.17, 15) is 0 Å². The van der Waals surface area contributed by atoms with Gasteiger partial charge in [0, 0.05) is 0 Å². The van der Waals surface area contributed by atoms with E-state index in [0.29, 0.717) is 5.92 Å². The van der Waals surface area contributed by atoms with Crippen molar-refractivity contribution >= 4 is 39.5 Å². The summed E-state index contributed by atoms with van der Waals surface area (Å²) in [5.74, 6) is 0.619. The van der Waals surface area contributed by atoms with E-state index >= 15 is 0 Å². The fourth-order valence-corrected chi connectivity index (χ4v) is 10.5. The van der Waals surface area contributed by atoms with Gasteiger partial charge in [0.05, 0.1) is 0 Å². The Morgan fingerprint density at radius 3 is 1.12 bits per heavy atom. The van der Waals surface area contributed by atoms with Crippen LogP contribution in [0.2, 0.25) is 0 Å². The third-order valence-electron chi connectivity index (χ3n) is 5.19. The molecule has 0 atom stereocenters. The van der Waals surface area contributed by atoms with Crippen LogP contribution in [0.3, 0.4) is 0 Å². The van der Waals surface area contributed by atoms with Crippen LogP contribution in [0.1, 0.15) is 13.8 Å². The fourth-order valence-electron chi connectivity index (χ4n) is 4.17.